The zero-order chi connectivity index (χ0) is 13.0. The summed E-state index contributed by atoms with van der Waals surface area (Å²) in [5, 5.41) is 0. The fourth-order valence-electron chi connectivity index (χ4n) is 1.40. The summed E-state index contributed by atoms with van der Waals surface area (Å²) in [7, 11) is -3.48. The molecule has 0 saturated heterocycles. The van der Waals surface area contributed by atoms with Crippen molar-refractivity contribution in [1.82, 2.24) is 9.71 Å². The number of nitrogens with one attached hydrogen (secondary N) is 1. The first kappa shape index (κ1) is 13.2. The van der Waals surface area contributed by atoms with Crippen LogP contribution in [0, 0.1) is 0 Å². The molecule has 6 heteroatoms. The first-order chi connectivity index (χ1) is 8.58. The zero-order valence-corrected chi connectivity index (χ0v) is 11.8. The van der Waals surface area contributed by atoms with E-state index in [1.165, 1.54) is 0 Å². The van der Waals surface area contributed by atoms with Gasteiger partial charge in [-0.1, -0.05) is 22.0 Å². The van der Waals surface area contributed by atoms with E-state index in [0.717, 1.165) is 10.0 Å². The van der Waals surface area contributed by atoms with Gasteiger partial charge in [0.15, 0.2) is 0 Å². The van der Waals surface area contributed by atoms with E-state index in [1.54, 1.807) is 48.8 Å². The summed E-state index contributed by atoms with van der Waals surface area (Å²) < 4.78 is 27.3. The molecular formula is C12H11BrN2O2S. The monoisotopic (exact) mass is 326 g/mol. The Hall–Kier alpha value is -1.24. The quantitative estimate of drug-likeness (QED) is 0.938. The maximum Gasteiger partial charge on any atom is 0.240 e. The highest BCUT2D eigenvalue weighted by molar-refractivity contribution is 9.10. The molecule has 2 rings (SSSR count). The lowest BCUT2D eigenvalue weighted by atomic mass is 10.3. The Balaban J connectivity index is 2.13. The largest absolute Gasteiger partial charge is 0.265 e. The Morgan fingerprint density at radius 1 is 1.17 bits per heavy atom. The zero-order valence-electron chi connectivity index (χ0n) is 9.38. The van der Waals surface area contributed by atoms with E-state index in [2.05, 4.69) is 25.6 Å². The van der Waals surface area contributed by atoms with Gasteiger partial charge in [-0.2, -0.15) is 0 Å². The van der Waals surface area contributed by atoms with E-state index in [9.17, 15) is 8.42 Å². The van der Waals surface area contributed by atoms with Gasteiger partial charge in [0.05, 0.1) is 4.90 Å². The molecule has 94 valence electrons. The van der Waals surface area contributed by atoms with Crippen LogP contribution >= 0.6 is 15.9 Å². The van der Waals surface area contributed by atoms with Gasteiger partial charge < -0.3 is 0 Å². The Morgan fingerprint density at radius 2 is 1.89 bits per heavy atom. The van der Waals surface area contributed by atoms with Gasteiger partial charge in [0.2, 0.25) is 10.0 Å². The molecule has 0 spiro atoms. The van der Waals surface area contributed by atoms with Gasteiger partial charge in [-0.15, -0.1) is 0 Å². The molecule has 0 fully saturated rings. The Bertz CT molecular complexity index is 630. The summed E-state index contributed by atoms with van der Waals surface area (Å²) in [4.78, 5) is 4.12. The van der Waals surface area contributed by atoms with Gasteiger partial charge >= 0.3 is 0 Å². The first-order valence-electron chi connectivity index (χ1n) is 5.22. The van der Waals surface area contributed by atoms with E-state index < -0.39 is 10.0 Å². The van der Waals surface area contributed by atoms with Crippen molar-refractivity contribution >= 4 is 26.0 Å². The molecule has 4 nitrogen and oxygen atoms in total. The van der Waals surface area contributed by atoms with Crippen LogP contribution in [0.25, 0.3) is 0 Å². The molecule has 0 aliphatic heterocycles. The molecule has 1 aromatic carbocycles. The van der Waals surface area contributed by atoms with Crippen molar-refractivity contribution in [2.75, 3.05) is 0 Å². The molecule has 0 bridgehead atoms. The van der Waals surface area contributed by atoms with Gasteiger partial charge in [-0.05, 0) is 35.9 Å². The molecule has 1 aromatic heterocycles. The number of sulfonamides is 1. The lowest BCUT2D eigenvalue weighted by Crippen LogP contribution is -2.23. The summed E-state index contributed by atoms with van der Waals surface area (Å²) in [6, 6.07) is 10.1. The maximum absolute atomic E-state index is 12.0. The minimum atomic E-state index is -3.48. The smallest absolute Gasteiger partial charge is 0.240 e. The van der Waals surface area contributed by atoms with Crippen molar-refractivity contribution in [3.05, 3.63) is 58.8 Å². The molecule has 18 heavy (non-hydrogen) atoms. The molecule has 2 aromatic rings. The maximum atomic E-state index is 12.0. The number of nitrogens with zero attached hydrogens (tertiary/aromatic N) is 1. The van der Waals surface area contributed by atoms with Gasteiger partial charge in [-0.3, -0.25) is 4.98 Å². The summed E-state index contributed by atoms with van der Waals surface area (Å²) >= 11 is 3.25. The van der Waals surface area contributed by atoms with E-state index in [-0.39, 0.29) is 11.4 Å². The third kappa shape index (κ3) is 3.38. The number of rotatable bonds is 4. The first-order valence-corrected chi connectivity index (χ1v) is 7.50. The lowest BCUT2D eigenvalue weighted by Gasteiger charge is -2.06. The third-order valence-electron chi connectivity index (χ3n) is 2.32. The second kappa shape index (κ2) is 5.60. The molecule has 1 heterocycles. The molecule has 0 saturated carbocycles. The number of benzene rings is 1. The van der Waals surface area contributed by atoms with Crippen LogP contribution in [-0.4, -0.2) is 13.4 Å². The minimum absolute atomic E-state index is 0.242. The van der Waals surface area contributed by atoms with Crippen LogP contribution in [0.1, 0.15) is 5.56 Å². The molecule has 0 amide bonds. The van der Waals surface area contributed by atoms with Crippen LogP contribution in [-0.2, 0) is 16.6 Å². The van der Waals surface area contributed by atoms with E-state index in [1.807, 2.05) is 0 Å². The fraction of sp³-hybridized carbons (Fsp3) is 0.0833. The predicted molar refractivity (Wildman–Crippen MR) is 72.4 cm³/mol. The standard InChI is InChI=1S/C12H11BrN2O2S/c13-11-2-1-3-12(8-11)18(16,17)15-9-10-4-6-14-7-5-10/h1-8,15H,9H2. The average molecular weight is 327 g/mol. The molecule has 0 aliphatic carbocycles. The predicted octanol–water partition coefficient (Wildman–Crippen LogP) is 2.32. The molecular weight excluding hydrogens is 316 g/mol. The highest BCUT2D eigenvalue weighted by Crippen LogP contribution is 2.16. The summed E-state index contributed by atoms with van der Waals surface area (Å²) in [6.45, 7) is 0.247. The Morgan fingerprint density at radius 3 is 2.56 bits per heavy atom. The lowest BCUT2D eigenvalue weighted by molar-refractivity contribution is 0.581. The van der Waals surface area contributed by atoms with Crippen LogP contribution in [0.4, 0.5) is 0 Å². The number of hydrogen-bond donors (Lipinski definition) is 1. The van der Waals surface area contributed by atoms with Crippen LogP contribution in [0.3, 0.4) is 0 Å². The third-order valence-corrected chi connectivity index (χ3v) is 4.21. The van der Waals surface area contributed by atoms with Crippen LogP contribution in [0.2, 0.25) is 0 Å². The van der Waals surface area contributed by atoms with Crippen LogP contribution in [0.15, 0.2) is 58.2 Å². The highest BCUT2D eigenvalue weighted by Gasteiger charge is 2.13. The highest BCUT2D eigenvalue weighted by atomic mass is 79.9. The van der Waals surface area contributed by atoms with Crippen molar-refractivity contribution in [2.24, 2.45) is 0 Å². The summed E-state index contributed by atoms with van der Waals surface area (Å²) in [5.41, 5.74) is 0.864. The molecule has 0 aliphatic rings. The van der Waals surface area contributed by atoms with Crippen molar-refractivity contribution in [1.29, 1.82) is 0 Å². The van der Waals surface area contributed by atoms with Crippen molar-refractivity contribution in [3.8, 4) is 0 Å². The normalized spacial score (nSPS) is 11.4. The Kier molecular flexibility index (Phi) is 4.11. The fourth-order valence-corrected chi connectivity index (χ4v) is 3.01. The molecule has 1 N–H and O–H groups in total. The SMILES string of the molecule is O=S(=O)(NCc1ccncc1)c1cccc(Br)c1. The minimum Gasteiger partial charge on any atom is -0.265 e. The molecule has 0 atom stereocenters. The molecule has 0 radical (unpaired) electrons. The average Bonchev–Trinajstić information content (AvgIpc) is 2.38. The number of hydrogen-bond acceptors (Lipinski definition) is 3. The van der Waals surface area contributed by atoms with Crippen molar-refractivity contribution in [3.63, 3.8) is 0 Å². The van der Waals surface area contributed by atoms with Gasteiger partial charge in [0, 0.05) is 23.4 Å². The topological polar surface area (TPSA) is 59.1 Å². The van der Waals surface area contributed by atoms with E-state index >= 15 is 0 Å². The molecule has 0 unspecified atom stereocenters. The second-order valence-electron chi connectivity index (χ2n) is 3.64. The van der Waals surface area contributed by atoms with Gasteiger partial charge in [-0.25, -0.2) is 13.1 Å². The Labute approximate surface area is 114 Å². The van der Waals surface area contributed by atoms with E-state index in [0.29, 0.717) is 0 Å². The second-order valence-corrected chi connectivity index (χ2v) is 6.32. The van der Waals surface area contributed by atoms with E-state index in [4.69, 9.17) is 0 Å². The van der Waals surface area contributed by atoms with Crippen LogP contribution < -0.4 is 4.72 Å². The summed E-state index contributed by atoms with van der Waals surface area (Å²) in [6.07, 6.45) is 3.26. The number of halogens is 1. The number of pyridine rings is 1. The van der Waals surface area contributed by atoms with Crippen molar-refractivity contribution in [2.45, 2.75) is 11.4 Å². The van der Waals surface area contributed by atoms with Gasteiger partial charge in [0.1, 0.15) is 0 Å². The number of aromatic nitrogens is 1. The van der Waals surface area contributed by atoms with Crippen molar-refractivity contribution < 1.29 is 8.42 Å². The van der Waals surface area contributed by atoms with Crippen LogP contribution in [0.5, 0.6) is 0 Å². The van der Waals surface area contributed by atoms with Gasteiger partial charge in [0.25, 0.3) is 0 Å². The summed E-state index contributed by atoms with van der Waals surface area (Å²) in [5.74, 6) is 0.